The first kappa shape index (κ1) is 16.0. The molecule has 0 heterocycles. The lowest BCUT2D eigenvalue weighted by molar-refractivity contribution is 0.116. The average Bonchev–Trinajstić information content (AvgIpc) is 2.39. The molecule has 1 saturated carbocycles. The number of hydrogen-bond donors (Lipinski definition) is 1. The predicted molar refractivity (Wildman–Crippen MR) is 89.9 cm³/mol. The first-order valence-corrected chi connectivity index (χ1v) is 8.50. The molecule has 0 unspecified atom stereocenters. The van der Waals surface area contributed by atoms with Crippen molar-refractivity contribution in [2.75, 3.05) is 27.2 Å². The highest BCUT2D eigenvalue weighted by molar-refractivity contribution is 9.10. The summed E-state index contributed by atoms with van der Waals surface area (Å²) in [6.07, 6.45) is 6.95. The van der Waals surface area contributed by atoms with Gasteiger partial charge >= 0.3 is 0 Å². The van der Waals surface area contributed by atoms with Crippen molar-refractivity contribution in [1.82, 2.24) is 10.2 Å². The van der Waals surface area contributed by atoms with Gasteiger partial charge in [-0.15, -0.1) is 0 Å². The van der Waals surface area contributed by atoms with E-state index >= 15 is 0 Å². The molecule has 0 spiro atoms. The number of nitrogens with zero attached hydrogens (tertiary/aromatic N) is 1. The number of benzene rings is 1. The summed E-state index contributed by atoms with van der Waals surface area (Å²) in [6, 6.07) is 8.65. The van der Waals surface area contributed by atoms with Gasteiger partial charge in [-0.05, 0) is 50.0 Å². The predicted octanol–water partition coefficient (Wildman–Crippen LogP) is 4.05. The molecule has 0 aliphatic heterocycles. The maximum absolute atomic E-state index is 3.56. The third-order valence-corrected chi connectivity index (χ3v) is 4.91. The largest absolute Gasteiger partial charge is 0.319 e. The summed E-state index contributed by atoms with van der Waals surface area (Å²) in [5, 5.41) is 3.42. The van der Waals surface area contributed by atoms with Gasteiger partial charge in [0.2, 0.25) is 0 Å². The van der Waals surface area contributed by atoms with E-state index < -0.39 is 0 Å². The maximum atomic E-state index is 3.56. The lowest BCUT2D eigenvalue weighted by Gasteiger charge is -2.40. The quantitative estimate of drug-likeness (QED) is 0.841. The van der Waals surface area contributed by atoms with E-state index in [0.29, 0.717) is 5.41 Å². The van der Waals surface area contributed by atoms with Gasteiger partial charge in [-0.3, -0.25) is 0 Å². The molecule has 20 heavy (non-hydrogen) atoms. The molecule has 1 aromatic carbocycles. The van der Waals surface area contributed by atoms with Crippen molar-refractivity contribution in [1.29, 1.82) is 0 Å². The molecule has 1 aliphatic carbocycles. The molecule has 1 aromatic rings. The normalized spacial score (nSPS) is 18.4. The highest BCUT2D eigenvalue weighted by atomic mass is 79.9. The van der Waals surface area contributed by atoms with E-state index in [2.05, 4.69) is 64.5 Å². The monoisotopic (exact) mass is 338 g/mol. The zero-order valence-corrected chi connectivity index (χ0v) is 14.4. The van der Waals surface area contributed by atoms with Crippen molar-refractivity contribution in [3.8, 4) is 0 Å². The third kappa shape index (κ3) is 4.57. The summed E-state index contributed by atoms with van der Waals surface area (Å²) in [5.74, 6) is 0. The Morgan fingerprint density at radius 2 is 2.00 bits per heavy atom. The number of hydrogen-bond acceptors (Lipinski definition) is 2. The Balaban J connectivity index is 1.95. The van der Waals surface area contributed by atoms with Gasteiger partial charge in [0.15, 0.2) is 0 Å². The van der Waals surface area contributed by atoms with Gasteiger partial charge < -0.3 is 10.2 Å². The molecule has 1 N–H and O–H groups in total. The van der Waals surface area contributed by atoms with Gasteiger partial charge in [-0.25, -0.2) is 0 Å². The van der Waals surface area contributed by atoms with Crippen LogP contribution in [0.5, 0.6) is 0 Å². The summed E-state index contributed by atoms with van der Waals surface area (Å²) < 4.78 is 1.17. The van der Waals surface area contributed by atoms with Crippen LogP contribution in [0, 0.1) is 5.41 Å². The standard InChI is InChI=1S/C17H27BrN2/c1-19-13-17(9-4-3-5-10-17)14-20(2)12-15-7-6-8-16(18)11-15/h6-8,11,19H,3-5,9-10,12-14H2,1-2H3. The van der Waals surface area contributed by atoms with E-state index in [-0.39, 0.29) is 0 Å². The van der Waals surface area contributed by atoms with Crippen LogP contribution in [0.2, 0.25) is 0 Å². The molecular weight excluding hydrogens is 312 g/mol. The first-order valence-electron chi connectivity index (χ1n) is 7.71. The summed E-state index contributed by atoms with van der Waals surface area (Å²) in [7, 11) is 4.34. The fourth-order valence-corrected chi connectivity index (χ4v) is 4.09. The van der Waals surface area contributed by atoms with Crippen molar-refractivity contribution in [2.24, 2.45) is 5.41 Å². The Hall–Kier alpha value is -0.380. The maximum Gasteiger partial charge on any atom is 0.0231 e. The number of rotatable bonds is 6. The van der Waals surface area contributed by atoms with Crippen molar-refractivity contribution in [3.05, 3.63) is 34.3 Å². The van der Waals surface area contributed by atoms with Gasteiger partial charge in [-0.1, -0.05) is 47.3 Å². The molecule has 0 aromatic heterocycles. The fraction of sp³-hybridized carbons (Fsp3) is 0.647. The Labute approximate surface area is 132 Å². The van der Waals surface area contributed by atoms with Crippen LogP contribution in [0.3, 0.4) is 0 Å². The van der Waals surface area contributed by atoms with Gasteiger partial charge in [0.1, 0.15) is 0 Å². The minimum Gasteiger partial charge on any atom is -0.319 e. The SMILES string of the molecule is CNCC1(CN(C)Cc2cccc(Br)c2)CCCCC1. The molecule has 1 aliphatic rings. The molecule has 0 atom stereocenters. The average molecular weight is 339 g/mol. The van der Waals surface area contributed by atoms with Crippen molar-refractivity contribution < 1.29 is 0 Å². The second-order valence-corrected chi connectivity index (χ2v) is 7.31. The molecule has 2 rings (SSSR count). The molecule has 3 heteroatoms. The van der Waals surface area contributed by atoms with E-state index in [1.54, 1.807) is 0 Å². The molecular formula is C17H27BrN2. The lowest BCUT2D eigenvalue weighted by atomic mass is 9.73. The van der Waals surface area contributed by atoms with Crippen molar-refractivity contribution >= 4 is 15.9 Å². The van der Waals surface area contributed by atoms with Crippen molar-refractivity contribution in [2.45, 2.75) is 38.6 Å². The molecule has 2 nitrogen and oxygen atoms in total. The lowest BCUT2D eigenvalue weighted by Crippen LogP contribution is -2.43. The molecule has 0 radical (unpaired) electrons. The highest BCUT2D eigenvalue weighted by Gasteiger charge is 2.32. The Morgan fingerprint density at radius 1 is 1.25 bits per heavy atom. The summed E-state index contributed by atoms with van der Waals surface area (Å²) in [5.41, 5.74) is 1.87. The van der Waals surface area contributed by atoms with E-state index in [9.17, 15) is 0 Å². The van der Waals surface area contributed by atoms with Gasteiger partial charge in [0, 0.05) is 24.1 Å². The van der Waals surface area contributed by atoms with Crippen molar-refractivity contribution in [3.63, 3.8) is 0 Å². The Kier molecular flexibility index (Phi) is 6.06. The molecule has 112 valence electrons. The summed E-state index contributed by atoms with van der Waals surface area (Å²) >= 11 is 3.56. The van der Waals surface area contributed by atoms with Crippen LogP contribution in [0.4, 0.5) is 0 Å². The van der Waals surface area contributed by atoms with Gasteiger partial charge in [-0.2, -0.15) is 0 Å². The fourth-order valence-electron chi connectivity index (χ4n) is 3.64. The van der Waals surface area contributed by atoms with Crippen LogP contribution in [0.25, 0.3) is 0 Å². The van der Waals surface area contributed by atoms with Gasteiger partial charge in [0.05, 0.1) is 0 Å². The Bertz CT molecular complexity index is 408. The van der Waals surface area contributed by atoms with E-state index in [0.717, 1.165) is 13.1 Å². The number of nitrogens with one attached hydrogen (secondary N) is 1. The van der Waals surface area contributed by atoms with Crippen LogP contribution in [0.15, 0.2) is 28.7 Å². The Morgan fingerprint density at radius 3 is 2.65 bits per heavy atom. The van der Waals surface area contributed by atoms with Crippen LogP contribution in [-0.4, -0.2) is 32.1 Å². The van der Waals surface area contributed by atoms with Crippen LogP contribution >= 0.6 is 15.9 Å². The minimum absolute atomic E-state index is 0.480. The highest BCUT2D eigenvalue weighted by Crippen LogP contribution is 2.36. The minimum atomic E-state index is 0.480. The molecule has 0 amide bonds. The summed E-state index contributed by atoms with van der Waals surface area (Å²) in [4.78, 5) is 2.49. The third-order valence-electron chi connectivity index (χ3n) is 4.41. The zero-order valence-electron chi connectivity index (χ0n) is 12.8. The molecule has 0 saturated heterocycles. The van der Waals surface area contributed by atoms with Crippen LogP contribution in [0.1, 0.15) is 37.7 Å². The molecule has 1 fully saturated rings. The van der Waals surface area contributed by atoms with Gasteiger partial charge in [0.25, 0.3) is 0 Å². The van der Waals surface area contributed by atoms with Crippen LogP contribution < -0.4 is 5.32 Å². The number of halogens is 1. The molecule has 0 bridgehead atoms. The second kappa shape index (κ2) is 7.58. The topological polar surface area (TPSA) is 15.3 Å². The van der Waals surface area contributed by atoms with E-state index in [1.165, 1.54) is 48.7 Å². The van der Waals surface area contributed by atoms with E-state index in [4.69, 9.17) is 0 Å². The first-order chi connectivity index (χ1) is 9.63. The second-order valence-electron chi connectivity index (χ2n) is 6.39. The zero-order chi connectivity index (χ0) is 14.4. The smallest absolute Gasteiger partial charge is 0.0231 e. The summed E-state index contributed by atoms with van der Waals surface area (Å²) in [6.45, 7) is 3.38. The van der Waals surface area contributed by atoms with E-state index in [1.807, 2.05) is 0 Å². The van der Waals surface area contributed by atoms with Crippen LogP contribution in [-0.2, 0) is 6.54 Å².